The van der Waals surface area contributed by atoms with Crippen molar-refractivity contribution in [3.05, 3.63) is 0 Å². The first-order valence-electron chi connectivity index (χ1n) is 5.11. The fourth-order valence-corrected chi connectivity index (χ4v) is 2.46. The van der Waals surface area contributed by atoms with E-state index >= 15 is 0 Å². The molecule has 3 nitrogen and oxygen atoms in total. The number of rotatable bonds is 4. The molecule has 1 fully saturated rings. The normalized spacial score (nSPS) is 21.3. The summed E-state index contributed by atoms with van der Waals surface area (Å²) in [6.07, 6.45) is 6.65. The third kappa shape index (κ3) is 2.99. The molecule has 1 aliphatic rings. The molecule has 1 amide bonds. The quantitative estimate of drug-likeness (QED) is 0.685. The fourth-order valence-electron chi connectivity index (χ4n) is 2.46. The van der Waals surface area contributed by atoms with Gasteiger partial charge in [-0.1, -0.05) is 19.3 Å². The van der Waals surface area contributed by atoms with E-state index in [0.717, 1.165) is 19.4 Å². The van der Waals surface area contributed by atoms with Crippen LogP contribution in [-0.4, -0.2) is 19.5 Å². The molecule has 0 spiro atoms. The van der Waals surface area contributed by atoms with E-state index in [2.05, 4.69) is 5.32 Å². The molecule has 76 valence electrons. The molecular formula is C10H20N2O. The Labute approximate surface area is 80.1 Å². The maximum absolute atomic E-state index is 10.9. The Morgan fingerprint density at radius 1 is 1.38 bits per heavy atom. The molecule has 0 aromatic carbocycles. The molecule has 3 N–H and O–H groups in total. The van der Waals surface area contributed by atoms with Crippen molar-refractivity contribution in [2.24, 2.45) is 11.1 Å². The summed E-state index contributed by atoms with van der Waals surface area (Å²) in [5.41, 5.74) is 5.44. The third-order valence-corrected chi connectivity index (χ3v) is 3.02. The maximum Gasteiger partial charge on any atom is 0.218 e. The van der Waals surface area contributed by atoms with Crippen molar-refractivity contribution >= 4 is 5.91 Å². The van der Waals surface area contributed by atoms with Crippen molar-refractivity contribution in [3.8, 4) is 0 Å². The first-order valence-corrected chi connectivity index (χ1v) is 5.11. The monoisotopic (exact) mass is 184 g/mol. The second kappa shape index (κ2) is 4.61. The van der Waals surface area contributed by atoms with Crippen molar-refractivity contribution < 1.29 is 4.79 Å². The Kier molecular flexibility index (Phi) is 3.72. The maximum atomic E-state index is 10.9. The Morgan fingerprint density at radius 2 is 2.00 bits per heavy atom. The van der Waals surface area contributed by atoms with Crippen LogP contribution in [0.2, 0.25) is 0 Å². The number of carbonyl (C=O) groups is 1. The summed E-state index contributed by atoms with van der Waals surface area (Å²) < 4.78 is 0. The second-order valence-corrected chi connectivity index (χ2v) is 4.23. The molecule has 1 rings (SSSR count). The van der Waals surface area contributed by atoms with Crippen LogP contribution >= 0.6 is 0 Å². The van der Waals surface area contributed by atoms with Gasteiger partial charge in [0.25, 0.3) is 0 Å². The van der Waals surface area contributed by atoms with Crippen LogP contribution in [0.5, 0.6) is 0 Å². The van der Waals surface area contributed by atoms with Crippen LogP contribution in [-0.2, 0) is 4.79 Å². The fraction of sp³-hybridized carbons (Fsp3) is 0.900. The van der Waals surface area contributed by atoms with E-state index in [1.54, 1.807) is 0 Å². The van der Waals surface area contributed by atoms with Gasteiger partial charge in [0.15, 0.2) is 0 Å². The van der Waals surface area contributed by atoms with Crippen molar-refractivity contribution in [3.63, 3.8) is 0 Å². The largest absolute Gasteiger partial charge is 0.370 e. The van der Waals surface area contributed by atoms with Crippen LogP contribution in [0.4, 0.5) is 0 Å². The predicted octanol–water partition coefficient (Wildman–Crippen LogP) is 1.03. The number of nitrogens with two attached hydrogens (primary N) is 1. The summed E-state index contributed by atoms with van der Waals surface area (Å²) in [4.78, 5) is 10.9. The summed E-state index contributed by atoms with van der Waals surface area (Å²) in [6, 6.07) is 0. The van der Waals surface area contributed by atoms with Gasteiger partial charge >= 0.3 is 0 Å². The molecule has 0 heterocycles. The summed E-state index contributed by atoms with van der Waals surface area (Å²) in [5, 5.41) is 3.18. The standard InChI is InChI=1S/C10H20N2O/c1-12-8-10(7-9(11)13)5-3-2-4-6-10/h12H,2-8H2,1H3,(H2,11,13). The molecular weight excluding hydrogens is 164 g/mol. The zero-order valence-electron chi connectivity index (χ0n) is 8.44. The average molecular weight is 184 g/mol. The first kappa shape index (κ1) is 10.5. The summed E-state index contributed by atoms with van der Waals surface area (Å²) in [7, 11) is 1.94. The van der Waals surface area contributed by atoms with Crippen LogP contribution in [0, 0.1) is 5.41 Å². The number of amides is 1. The lowest BCUT2D eigenvalue weighted by Crippen LogP contribution is -2.38. The summed E-state index contributed by atoms with van der Waals surface area (Å²) in [6.45, 7) is 0.927. The molecule has 0 atom stereocenters. The highest BCUT2D eigenvalue weighted by molar-refractivity contribution is 5.74. The summed E-state index contributed by atoms with van der Waals surface area (Å²) in [5.74, 6) is -0.155. The number of hydrogen-bond donors (Lipinski definition) is 2. The van der Waals surface area contributed by atoms with Crippen LogP contribution in [0.3, 0.4) is 0 Å². The van der Waals surface area contributed by atoms with Gasteiger partial charge in [0.1, 0.15) is 0 Å². The van der Waals surface area contributed by atoms with E-state index in [4.69, 9.17) is 5.73 Å². The number of hydrogen-bond acceptors (Lipinski definition) is 2. The minimum absolute atomic E-state index is 0.155. The van der Waals surface area contributed by atoms with Gasteiger partial charge in [0, 0.05) is 13.0 Å². The van der Waals surface area contributed by atoms with Gasteiger partial charge in [-0.3, -0.25) is 4.79 Å². The zero-order valence-corrected chi connectivity index (χ0v) is 8.44. The van der Waals surface area contributed by atoms with E-state index in [9.17, 15) is 4.79 Å². The lowest BCUT2D eigenvalue weighted by molar-refractivity contribution is -0.120. The number of primary amides is 1. The van der Waals surface area contributed by atoms with Gasteiger partial charge in [-0.2, -0.15) is 0 Å². The third-order valence-electron chi connectivity index (χ3n) is 3.02. The van der Waals surface area contributed by atoms with Gasteiger partial charge in [0.05, 0.1) is 0 Å². The Balaban J connectivity index is 2.55. The van der Waals surface area contributed by atoms with Gasteiger partial charge in [-0.05, 0) is 25.3 Å². The second-order valence-electron chi connectivity index (χ2n) is 4.23. The van der Waals surface area contributed by atoms with E-state index in [1.165, 1.54) is 19.3 Å². The van der Waals surface area contributed by atoms with E-state index < -0.39 is 0 Å². The molecule has 0 radical (unpaired) electrons. The Hall–Kier alpha value is -0.570. The van der Waals surface area contributed by atoms with Crippen LogP contribution < -0.4 is 11.1 Å². The molecule has 0 aromatic heterocycles. The van der Waals surface area contributed by atoms with Crippen molar-refractivity contribution in [2.45, 2.75) is 38.5 Å². The average Bonchev–Trinajstić information content (AvgIpc) is 2.04. The minimum atomic E-state index is -0.155. The van der Waals surface area contributed by atoms with E-state index in [0.29, 0.717) is 6.42 Å². The number of carbonyl (C=O) groups excluding carboxylic acids is 1. The topological polar surface area (TPSA) is 55.1 Å². The highest BCUT2D eigenvalue weighted by Gasteiger charge is 2.32. The van der Waals surface area contributed by atoms with Gasteiger partial charge in [-0.25, -0.2) is 0 Å². The molecule has 1 aliphatic carbocycles. The molecule has 0 aromatic rings. The highest BCUT2D eigenvalue weighted by atomic mass is 16.1. The van der Waals surface area contributed by atoms with Crippen LogP contribution in [0.25, 0.3) is 0 Å². The van der Waals surface area contributed by atoms with E-state index in [-0.39, 0.29) is 11.3 Å². The molecule has 13 heavy (non-hydrogen) atoms. The zero-order chi connectivity index (χ0) is 9.73. The van der Waals surface area contributed by atoms with E-state index in [1.807, 2.05) is 7.05 Å². The van der Waals surface area contributed by atoms with Gasteiger partial charge < -0.3 is 11.1 Å². The van der Waals surface area contributed by atoms with Crippen LogP contribution in [0.15, 0.2) is 0 Å². The minimum Gasteiger partial charge on any atom is -0.370 e. The molecule has 3 heteroatoms. The summed E-state index contributed by atoms with van der Waals surface area (Å²) >= 11 is 0. The SMILES string of the molecule is CNCC1(CC(N)=O)CCCCC1. The number of nitrogens with one attached hydrogen (secondary N) is 1. The lowest BCUT2D eigenvalue weighted by Gasteiger charge is -2.36. The Bertz CT molecular complexity index is 168. The lowest BCUT2D eigenvalue weighted by atomic mass is 9.71. The molecule has 0 bridgehead atoms. The van der Waals surface area contributed by atoms with Crippen LogP contribution in [0.1, 0.15) is 38.5 Å². The highest BCUT2D eigenvalue weighted by Crippen LogP contribution is 2.38. The van der Waals surface area contributed by atoms with Crippen molar-refractivity contribution in [2.75, 3.05) is 13.6 Å². The first-order chi connectivity index (χ1) is 6.18. The van der Waals surface area contributed by atoms with Crippen molar-refractivity contribution in [1.82, 2.24) is 5.32 Å². The van der Waals surface area contributed by atoms with Gasteiger partial charge in [-0.15, -0.1) is 0 Å². The predicted molar refractivity (Wildman–Crippen MR) is 53.3 cm³/mol. The molecule has 0 saturated heterocycles. The van der Waals surface area contributed by atoms with Gasteiger partial charge in [0.2, 0.25) is 5.91 Å². The molecule has 1 saturated carbocycles. The van der Waals surface area contributed by atoms with Crippen molar-refractivity contribution in [1.29, 1.82) is 0 Å². The Morgan fingerprint density at radius 3 is 2.46 bits per heavy atom. The molecule has 0 unspecified atom stereocenters. The smallest absolute Gasteiger partial charge is 0.218 e. The molecule has 0 aliphatic heterocycles.